The van der Waals surface area contributed by atoms with Crippen LogP contribution in [0.1, 0.15) is 32.6 Å². The van der Waals surface area contributed by atoms with Crippen LogP contribution in [-0.4, -0.2) is 10.8 Å². The first-order valence-corrected chi connectivity index (χ1v) is 6.07. The second-order valence-electron chi connectivity index (χ2n) is 4.78. The van der Waals surface area contributed by atoms with Crippen LogP contribution in [0, 0.1) is 20.8 Å². The van der Waals surface area contributed by atoms with Crippen LogP contribution in [0.5, 0.6) is 0 Å². The van der Waals surface area contributed by atoms with Crippen molar-refractivity contribution in [3.8, 4) is 0 Å². The number of hydrogen-bond acceptors (Lipinski definition) is 2. The Morgan fingerprint density at radius 1 is 1.06 bits per heavy atom. The van der Waals surface area contributed by atoms with Crippen molar-refractivity contribution in [3.63, 3.8) is 0 Å². The fourth-order valence-corrected chi connectivity index (χ4v) is 1.97. The van der Waals surface area contributed by atoms with Crippen molar-refractivity contribution in [2.45, 2.75) is 27.2 Å². The highest BCUT2D eigenvalue weighted by Crippen LogP contribution is 2.14. The van der Waals surface area contributed by atoms with Crippen LogP contribution in [0.4, 0.5) is 0 Å². The molecule has 2 heteroatoms. The molecule has 0 fully saturated rings. The molecule has 0 spiro atoms. The maximum atomic E-state index is 12.2. The summed E-state index contributed by atoms with van der Waals surface area (Å²) >= 11 is 0. The fraction of sp³-hybridized carbons (Fsp3) is 0.250. The highest BCUT2D eigenvalue weighted by atomic mass is 16.1. The lowest BCUT2D eigenvalue weighted by Crippen LogP contribution is -2.06. The van der Waals surface area contributed by atoms with Crippen molar-refractivity contribution in [2.24, 2.45) is 0 Å². The van der Waals surface area contributed by atoms with Crippen molar-refractivity contribution >= 4 is 5.78 Å². The molecule has 1 aromatic carbocycles. The first-order chi connectivity index (χ1) is 8.56. The van der Waals surface area contributed by atoms with Gasteiger partial charge in [0.25, 0.3) is 0 Å². The van der Waals surface area contributed by atoms with E-state index in [1.165, 1.54) is 5.56 Å². The van der Waals surface area contributed by atoms with Gasteiger partial charge in [0.05, 0.1) is 0 Å². The van der Waals surface area contributed by atoms with E-state index in [1.807, 2.05) is 26.8 Å². The van der Waals surface area contributed by atoms with Gasteiger partial charge in [-0.25, -0.2) is 0 Å². The minimum absolute atomic E-state index is 0.125. The average Bonchev–Trinajstić information content (AvgIpc) is 2.34. The molecule has 0 radical (unpaired) electrons. The lowest BCUT2D eigenvalue weighted by atomic mass is 9.98. The smallest absolute Gasteiger partial charge is 0.168 e. The molecule has 0 saturated carbocycles. The number of ketones is 1. The molecule has 0 aliphatic heterocycles. The number of aryl methyl sites for hydroxylation is 3. The van der Waals surface area contributed by atoms with Crippen molar-refractivity contribution in [3.05, 3.63) is 64.5 Å². The van der Waals surface area contributed by atoms with E-state index in [4.69, 9.17) is 0 Å². The summed E-state index contributed by atoms with van der Waals surface area (Å²) in [6, 6.07) is 8.10. The molecule has 0 atom stereocenters. The summed E-state index contributed by atoms with van der Waals surface area (Å²) in [4.78, 5) is 16.3. The van der Waals surface area contributed by atoms with Crippen LogP contribution in [0.3, 0.4) is 0 Å². The van der Waals surface area contributed by atoms with Crippen LogP contribution in [-0.2, 0) is 6.42 Å². The van der Waals surface area contributed by atoms with Crippen LogP contribution in [0.2, 0.25) is 0 Å². The average molecular weight is 239 g/mol. The van der Waals surface area contributed by atoms with E-state index in [0.29, 0.717) is 12.0 Å². The van der Waals surface area contributed by atoms with E-state index in [-0.39, 0.29) is 5.78 Å². The number of carbonyl (C=O) groups excluding carboxylic acids is 1. The molecule has 2 rings (SSSR count). The highest BCUT2D eigenvalue weighted by Gasteiger charge is 2.09. The van der Waals surface area contributed by atoms with Gasteiger partial charge in [0.1, 0.15) is 0 Å². The van der Waals surface area contributed by atoms with Gasteiger partial charge in [-0.05, 0) is 43.5 Å². The number of benzene rings is 1. The monoisotopic (exact) mass is 239 g/mol. The highest BCUT2D eigenvalue weighted by molar-refractivity contribution is 5.97. The summed E-state index contributed by atoms with van der Waals surface area (Å²) in [6.45, 7) is 6.03. The number of aromatic nitrogens is 1. The zero-order valence-electron chi connectivity index (χ0n) is 11.0. The van der Waals surface area contributed by atoms with Crippen molar-refractivity contribution in [1.29, 1.82) is 0 Å². The summed E-state index contributed by atoms with van der Waals surface area (Å²) < 4.78 is 0. The van der Waals surface area contributed by atoms with E-state index in [2.05, 4.69) is 23.2 Å². The van der Waals surface area contributed by atoms with Gasteiger partial charge >= 0.3 is 0 Å². The summed E-state index contributed by atoms with van der Waals surface area (Å²) in [5, 5.41) is 0. The molecule has 2 aromatic rings. The predicted octanol–water partition coefficient (Wildman–Crippen LogP) is 3.43. The molecule has 2 nitrogen and oxygen atoms in total. The van der Waals surface area contributed by atoms with Crippen LogP contribution in [0.25, 0.3) is 0 Å². The third kappa shape index (κ3) is 2.83. The number of pyridine rings is 1. The maximum Gasteiger partial charge on any atom is 0.168 e. The Bertz CT molecular complexity index is 587. The van der Waals surface area contributed by atoms with Gasteiger partial charge in [0.2, 0.25) is 0 Å². The summed E-state index contributed by atoms with van der Waals surface area (Å²) in [6.07, 6.45) is 3.84. The molecule has 92 valence electrons. The first kappa shape index (κ1) is 12.5. The summed E-state index contributed by atoms with van der Waals surface area (Å²) in [5.41, 5.74) is 5.15. The van der Waals surface area contributed by atoms with Gasteiger partial charge in [-0.15, -0.1) is 0 Å². The van der Waals surface area contributed by atoms with E-state index < -0.39 is 0 Å². The molecule has 0 aliphatic rings. The largest absolute Gasteiger partial charge is 0.294 e. The molecular formula is C16H17NO. The topological polar surface area (TPSA) is 30.0 Å². The lowest BCUT2D eigenvalue weighted by Gasteiger charge is -2.07. The molecule has 0 saturated heterocycles. The van der Waals surface area contributed by atoms with Gasteiger partial charge in [-0.3, -0.25) is 9.78 Å². The Morgan fingerprint density at radius 3 is 2.56 bits per heavy atom. The molecule has 0 bridgehead atoms. The van der Waals surface area contributed by atoms with Crippen LogP contribution >= 0.6 is 0 Å². The van der Waals surface area contributed by atoms with E-state index in [0.717, 1.165) is 16.7 Å². The second kappa shape index (κ2) is 5.13. The normalized spacial score (nSPS) is 10.4. The molecular weight excluding hydrogens is 222 g/mol. The first-order valence-electron chi connectivity index (χ1n) is 6.07. The van der Waals surface area contributed by atoms with Gasteiger partial charge in [-0.1, -0.05) is 23.8 Å². The van der Waals surface area contributed by atoms with E-state index in [9.17, 15) is 4.79 Å². The number of Topliss-reactive ketones (excluding diaryl/α,β-unsaturated/α-hetero) is 1. The quantitative estimate of drug-likeness (QED) is 0.768. The minimum atomic E-state index is 0.125. The van der Waals surface area contributed by atoms with Gasteiger partial charge in [0.15, 0.2) is 5.78 Å². The molecule has 0 aliphatic carbocycles. The SMILES string of the molecule is Cc1cncc(C(=O)Cc2cc(C)ccc2C)c1. The minimum Gasteiger partial charge on any atom is -0.294 e. The molecule has 0 N–H and O–H groups in total. The Hall–Kier alpha value is -1.96. The molecule has 1 heterocycles. The lowest BCUT2D eigenvalue weighted by molar-refractivity contribution is 0.0992. The zero-order chi connectivity index (χ0) is 13.1. The molecule has 0 unspecified atom stereocenters. The fourth-order valence-electron chi connectivity index (χ4n) is 1.97. The van der Waals surface area contributed by atoms with E-state index in [1.54, 1.807) is 12.4 Å². The Balaban J connectivity index is 2.24. The van der Waals surface area contributed by atoms with Gasteiger partial charge in [0, 0.05) is 24.4 Å². The second-order valence-corrected chi connectivity index (χ2v) is 4.78. The maximum absolute atomic E-state index is 12.2. The zero-order valence-corrected chi connectivity index (χ0v) is 11.0. The summed E-state index contributed by atoms with van der Waals surface area (Å²) in [7, 11) is 0. The Labute approximate surface area is 108 Å². The van der Waals surface area contributed by atoms with Gasteiger partial charge in [-0.2, -0.15) is 0 Å². The third-order valence-electron chi connectivity index (χ3n) is 3.05. The van der Waals surface area contributed by atoms with E-state index >= 15 is 0 Å². The van der Waals surface area contributed by atoms with Gasteiger partial charge < -0.3 is 0 Å². The molecule has 0 amide bonds. The third-order valence-corrected chi connectivity index (χ3v) is 3.05. The predicted molar refractivity (Wildman–Crippen MR) is 72.9 cm³/mol. The Kier molecular flexibility index (Phi) is 3.56. The standard InChI is InChI=1S/C16H17NO/c1-11-4-5-13(3)14(6-11)8-16(18)15-7-12(2)9-17-10-15/h4-7,9-10H,8H2,1-3H3. The van der Waals surface area contributed by atoms with Crippen molar-refractivity contribution in [1.82, 2.24) is 4.98 Å². The number of rotatable bonds is 3. The number of nitrogens with zero attached hydrogens (tertiary/aromatic N) is 1. The number of hydrogen-bond donors (Lipinski definition) is 0. The van der Waals surface area contributed by atoms with Crippen molar-refractivity contribution < 1.29 is 4.79 Å². The Morgan fingerprint density at radius 2 is 1.83 bits per heavy atom. The van der Waals surface area contributed by atoms with Crippen LogP contribution < -0.4 is 0 Å². The van der Waals surface area contributed by atoms with Crippen molar-refractivity contribution in [2.75, 3.05) is 0 Å². The molecule has 1 aromatic heterocycles. The summed E-state index contributed by atoms with van der Waals surface area (Å²) in [5.74, 6) is 0.125. The molecule has 18 heavy (non-hydrogen) atoms. The van der Waals surface area contributed by atoms with Crippen LogP contribution in [0.15, 0.2) is 36.7 Å². The number of carbonyl (C=O) groups is 1.